The zero-order valence-electron chi connectivity index (χ0n) is 22.4. The van der Waals surface area contributed by atoms with E-state index in [9.17, 15) is 10.2 Å². The van der Waals surface area contributed by atoms with Gasteiger partial charge in [0.15, 0.2) is 0 Å². The molecule has 2 aromatic heterocycles. The fourth-order valence-corrected chi connectivity index (χ4v) is 4.54. The third kappa shape index (κ3) is 5.93. The standard InChI is InChI=1S/C30H32N6O3/c1-20(2)5-6-22-17-24(27(38)19-28(22)39-3)26-18-25(21-7-9-23(37)10-8-21)33-30(34-26)36-15-13-35(14-16-36)29-31-11-4-12-32-29/h4-5,7-12,17-19,37-38H,6,13-16H2,1-3H3. The number of allylic oxidation sites excluding steroid dienone is 2. The van der Waals surface area contributed by atoms with Crippen LogP contribution in [0.2, 0.25) is 0 Å². The van der Waals surface area contributed by atoms with Crippen LogP contribution < -0.4 is 14.5 Å². The maximum absolute atomic E-state index is 11.0. The van der Waals surface area contributed by atoms with E-state index in [-0.39, 0.29) is 11.5 Å². The quantitative estimate of drug-likeness (QED) is 0.328. The van der Waals surface area contributed by atoms with E-state index < -0.39 is 0 Å². The minimum Gasteiger partial charge on any atom is -0.508 e. The Bertz CT molecular complexity index is 1460. The van der Waals surface area contributed by atoms with Crippen LogP contribution in [0.5, 0.6) is 17.2 Å². The molecule has 200 valence electrons. The topological polar surface area (TPSA) is 108 Å². The smallest absolute Gasteiger partial charge is 0.226 e. The Morgan fingerprint density at radius 2 is 1.51 bits per heavy atom. The molecule has 39 heavy (non-hydrogen) atoms. The van der Waals surface area contributed by atoms with Gasteiger partial charge in [0.1, 0.15) is 17.2 Å². The van der Waals surface area contributed by atoms with E-state index in [0.717, 1.165) is 24.2 Å². The second-order valence-electron chi connectivity index (χ2n) is 9.67. The van der Waals surface area contributed by atoms with E-state index in [1.165, 1.54) is 5.57 Å². The van der Waals surface area contributed by atoms with Gasteiger partial charge in [-0.05, 0) is 68.3 Å². The molecule has 9 nitrogen and oxygen atoms in total. The lowest BCUT2D eigenvalue weighted by molar-refractivity contribution is 0.404. The summed E-state index contributed by atoms with van der Waals surface area (Å²) in [5, 5.41) is 20.8. The summed E-state index contributed by atoms with van der Waals surface area (Å²) in [6.45, 7) is 6.95. The summed E-state index contributed by atoms with van der Waals surface area (Å²) in [5.41, 5.74) is 4.90. The van der Waals surface area contributed by atoms with E-state index in [0.29, 0.717) is 54.1 Å². The molecule has 2 N–H and O–H groups in total. The monoisotopic (exact) mass is 524 g/mol. The Balaban J connectivity index is 1.54. The predicted molar refractivity (Wildman–Crippen MR) is 152 cm³/mol. The Morgan fingerprint density at radius 3 is 2.15 bits per heavy atom. The number of phenolic OH excluding ortho intramolecular Hbond substituents is 2. The lowest BCUT2D eigenvalue weighted by Crippen LogP contribution is -2.47. The van der Waals surface area contributed by atoms with Gasteiger partial charge in [0.25, 0.3) is 0 Å². The van der Waals surface area contributed by atoms with Gasteiger partial charge in [-0.3, -0.25) is 0 Å². The number of hydrogen-bond donors (Lipinski definition) is 2. The van der Waals surface area contributed by atoms with Gasteiger partial charge < -0.3 is 24.7 Å². The van der Waals surface area contributed by atoms with Crippen molar-refractivity contribution >= 4 is 11.9 Å². The third-order valence-corrected chi connectivity index (χ3v) is 6.68. The number of ether oxygens (including phenoxy) is 1. The van der Waals surface area contributed by atoms with Crippen molar-refractivity contribution in [2.45, 2.75) is 20.3 Å². The van der Waals surface area contributed by atoms with Crippen LogP contribution in [0, 0.1) is 0 Å². The van der Waals surface area contributed by atoms with Gasteiger partial charge in [-0.15, -0.1) is 0 Å². The first-order valence-electron chi connectivity index (χ1n) is 12.9. The van der Waals surface area contributed by atoms with Crippen molar-refractivity contribution in [3.8, 4) is 39.8 Å². The first-order valence-corrected chi connectivity index (χ1v) is 12.9. The SMILES string of the molecule is COc1cc(O)c(-c2cc(-c3ccc(O)cc3)nc(N3CCN(c4ncccn4)CC3)n2)cc1CC=C(C)C. The molecule has 3 heterocycles. The van der Waals surface area contributed by atoms with Crippen molar-refractivity contribution in [2.24, 2.45) is 0 Å². The first kappa shape index (κ1) is 26.0. The van der Waals surface area contributed by atoms with Crippen LogP contribution in [0.15, 0.2) is 72.6 Å². The van der Waals surface area contributed by atoms with E-state index in [1.54, 1.807) is 37.7 Å². The molecule has 5 rings (SSSR count). The molecule has 9 heteroatoms. The number of hydrogen-bond acceptors (Lipinski definition) is 9. The number of piperazine rings is 1. The van der Waals surface area contributed by atoms with Crippen molar-refractivity contribution < 1.29 is 14.9 Å². The van der Waals surface area contributed by atoms with Crippen LogP contribution in [-0.4, -0.2) is 63.4 Å². The largest absolute Gasteiger partial charge is 0.508 e. The molecule has 0 spiro atoms. The van der Waals surface area contributed by atoms with Crippen LogP contribution in [0.1, 0.15) is 19.4 Å². The first-order chi connectivity index (χ1) is 18.9. The molecular weight excluding hydrogens is 492 g/mol. The summed E-state index contributed by atoms with van der Waals surface area (Å²) in [6, 6.07) is 14.2. The zero-order valence-corrected chi connectivity index (χ0v) is 22.4. The molecule has 0 saturated carbocycles. The van der Waals surface area contributed by atoms with Crippen LogP contribution in [0.4, 0.5) is 11.9 Å². The molecule has 0 aliphatic carbocycles. The van der Waals surface area contributed by atoms with Crippen molar-refractivity contribution in [3.63, 3.8) is 0 Å². The van der Waals surface area contributed by atoms with Crippen LogP contribution in [-0.2, 0) is 6.42 Å². The number of methoxy groups -OCH3 is 1. The highest BCUT2D eigenvalue weighted by atomic mass is 16.5. The molecule has 2 aromatic carbocycles. The van der Waals surface area contributed by atoms with Crippen molar-refractivity contribution in [3.05, 3.63) is 78.1 Å². The summed E-state index contributed by atoms with van der Waals surface area (Å²) in [7, 11) is 1.60. The number of rotatable bonds is 7. The van der Waals surface area contributed by atoms with Crippen LogP contribution in [0.25, 0.3) is 22.5 Å². The molecule has 1 fully saturated rings. The van der Waals surface area contributed by atoms with E-state index in [1.807, 2.05) is 30.3 Å². The summed E-state index contributed by atoms with van der Waals surface area (Å²) in [4.78, 5) is 22.8. The average molecular weight is 525 g/mol. The van der Waals surface area contributed by atoms with Crippen molar-refractivity contribution in [2.75, 3.05) is 43.1 Å². The van der Waals surface area contributed by atoms with E-state index in [2.05, 4.69) is 39.7 Å². The minimum absolute atomic E-state index is 0.0835. The van der Waals surface area contributed by atoms with Gasteiger partial charge >= 0.3 is 0 Å². The summed E-state index contributed by atoms with van der Waals surface area (Å²) in [5.74, 6) is 2.18. The number of aromatic nitrogens is 4. The Kier molecular flexibility index (Phi) is 7.58. The van der Waals surface area contributed by atoms with Gasteiger partial charge in [0, 0.05) is 55.8 Å². The molecule has 1 aliphatic heterocycles. The average Bonchev–Trinajstić information content (AvgIpc) is 2.97. The number of nitrogens with zero attached hydrogens (tertiary/aromatic N) is 6. The molecule has 1 aliphatic rings. The second kappa shape index (κ2) is 11.4. The zero-order chi connectivity index (χ0) is 27.4. The highest BCUT2D eigenvalue weighted by Crippen LogP contribution is 2.37. The molecule has 0 atom stereocenters. The third-order valence-electron chi connectivity index (χ3n) is 6.68. The summed E-state index contributed by atoms with van der Waals surface area (Å²) >= 11 is 0. The van der Waals surface area contributed by atoms with E-state index >= 15 is 0 Å². The fourth-order valence-electron chi connectivity index (χ4n) is 4.54. The Morgan fingerprint density at radius 1 is 0.872 bits per heavy atom. The lowest BCUT2D eigenvalue weighted by Gasteiger charge is -2.34. The molecule has 0 radical (unpaired) electrons. The molecule has 0 unspecified atom stereocenters. The number of phenols is 2. The Labute approximate surface area is 228 Å². The number of aromatic hydroxyl groups is 2. The van der Waals surface area contributed by atoms with Gasteiger partial charge in [0.05, 0.1) is 18.5 Å². The summed E-state index contributed by atoms with van der Waals surface area (Å²) in [6.07, 6.45) is 6.30. The second-order valence-corrected chi connectivity index (χ2v) is 9.67. The Hall–Kier alpha value is -4.66. The fraction of sp³-hybridized carbons (Fsp3) is 0.267. The maximum atomic E-state index is 11.0. The molecule has 0 amide bonds. The highest BCUT2D eigenvalue weighted by Gasteiger charge is 2.23. The van der Waals surface area contributed by atoms with Gasteiger partial charge in [0.2, 0.25) is 11.9 Å². The van der Waals surface area contributed by atoms with Gasteiger partial charge in [-0.1, -0.05) is 11.6 Å². The van der Waals surface area contributed by atoms with Crippen molar-refractivity contribution in [1.29, 1.82) is 0 Å². The van der Waals surface area contributed by atoms with Gasteiger partial charge in [-0.25, -0.2) is 19.9 Å². The number of benzene rings is 2. The minimum atomic E-state index is 0.0835. The summed E-state index contributed by atoms with van der Waals surface area (Å²) < 4.78 is 5.55. The molecule has 1 saturated heterocycles. The molecule has 0 bridgehead atoms. The van der Waals surface area contributed by atoms with Crippen LogP contribution in [0.3, 0.4) is 0 Å². The highest BCUT2D eigenvalue weighted by molar-refractivity contribution is 5.75. The maximum Gasteiger partial charge on any atom is 0.226 e. The lowest BCUT2D eigenvalue weighted by atomic mass is 10.0. The van der Waals surface area contributed by atoms with E-state index in [4.69, 9.17) is 14.7 Å². The predicted octanol–water partition coefficient (Wildman–Crippen LogP) is 4.86. The van der Waals surface area contributed by atoms with Crippen molar-refractivity contribution in [1.82, 2.24) is 19.9 Å². The number of anilines is 2. The normalized spacial score (nSPS) is 13.3. The molecular formula is C30H32N6O3. The molecule has 4 aromatic rings. The van der Waals surface area contributed by atoms with Gasteiger partial charge in [-0.2, -0.15) is 0 Å². The van der Waals surface area contributed by atoms with Crippen LogP contribution >= 0.6 is 0 Å².